The molecule has 102 valence electrons. The second-order valence-electron chi connectivity index (χ2n) is 5.02. The minimum Gasteiger partial charge on any atom is -0.454 e. The van der Waals surface area contributed by atoms with Crippen molar-refractivity contribution in [2.75, 3.05) is 13.3 Å². The van der Waals surface area contributed by atoms with E-state index in [1.165, 1.54) is 0 Å². The van der Waals surface area contributed by atoms with Crippen LogP contribution in [0, 0.1) is 0 Å². The van der Waals surface area contributed by atoms with Gasteiger partial charge in [-0.15, -0.1) is 0 Å². The van der Waals surface area contributed by atoms with Crippen LogP contribution in [-0.4, -0.2) is 30.2 Å². The van der Waals surface area contributed by atoms with Crippen LogP contribution in [0.2, 0.25) is 0 Å². The molecule has 2 heterocycles. The first-order valence-electron chi connectivity index (χ1n) is 6.59. The van der Waals surface area contributed by atoms with Crippen LogP contribution in [0.4, 0.5) is 0 Å². The summed E-state index contributed by atoms with van der Waals surface area (Å²) in [6.45, 7) is 2.39. The van der Waals surface area contributed by atoms with Crippen molar-refractivity contribution in [1.29, 1.82) is 0 Å². The lowest BCUT2D eigenvalue weighted by Crippen LogP contribution is -2.40. The summed E-state index contributed by atoms with van der Waals surface area (Å²) in [7, 11) is 0. The minimum atomic E-state index is 0.0793. The van der Waals surface area contributed by atoms with E-state index in [1.54, 1.807) is 6.92 Å². The Labute approximate surface area is 112 Å². The van der Waals surface area contributed by atoms with Crippen LogP contribution < -0.4 is 15.2 Å². The fourth-order valence-corrected chi connectivity index (χ4v) is 3.04. The van der Waals surface area contributed by atoms with Gasteiger partial charge in [0.15, 0.2) is 11.5 Å². The first-order valence-corrected chi connectivity index (χ1v) is 6.59. The van der Waals surface area contributed by atoms with Gasteiger partial charge in [0.2, 0.25) is 12.7 Å². The lowest BCUT2D eigenvalue weighted by Gasteiger charge is -2.29. The zero-order chi connectivity index (χ0) is 13.4. The molecular weight excluding hydrogens is 244 g/mol. The highest BCUT2D eigenvalue weighted by atomic mass is 16.7. The van der Waals surface area contributed by atoms with Crippen LogP contribution in [-0.2, 0) is 4.79 Å². The van der Waals surface area contributed by atoms with E-state index in [9.17, 15) is 4.79 Å². The van der Waals surface area contributed by atoms with E-state index >= 15 is 0 Å². The third-order valence-electron chi connectivity index (χ3n) is 3.92. The van der Waals surface area contributed by atoms with Gasteiger partial charge in [-0.2, -0.15) is 0 Å². The van der Waals surface area contributed by atoms with Crippen LogP contribution >= 0.6 is 0 Å². The molecule has 5 nitrogen and oxygen atoms in total. The monoisotopic (exact) mass is 262 g/mol. The van der Waals surface area contributed by atoms with Gasteiger partial charge in [0, 0.05) is 19.5 Å². The zero-order valence-electron chi connectivity index (χ0n) is 11.0. The Balaban J connectivity index is 1.91. The van der Waals surface area contributed by atoms with E-state index in [0.29, 0.717) is 6.54 Å². The van der Waals surface area contributed by atoms with Crippen molar-refractivity contribution in [1.82, 2.24) is 4.90 Å². The van der Waals surface area contributed by atoms with Gasteiger partial charge in [-0.05, 0) is 30.5 Å². The maximum absolute atomic E-state index is 11.8. The summed E-state index contributed by atoms with van der Waals surface area (Å²) in [5, 5.41) is 0. The molecule has 1 amide bonds. The van der Waals surface area contributed by atoms with Crippen molar-refractivity contribution in [2.45, 2.75) is 31.8 Å². The molecule has 0 radical (unpaired) electrons. The third kappa shape index (κ3) is 2.04. The predicted octanol–water partition coefficient (Wildman–Crippen LogP) is 1.43. The first kappa shape index (κ1) is 12.3. The lowest BCUT2D eigenvalue weighted by molar-refractivity contribution is -0.131. The van der Waals surface area contributed by atoms with Crippen molar-refractivity contribution >= 4 is 5.91 Å². The molecule has 1 aromatic carbocycles. The average molecular weight is 262 g/mol. The summed E-state index contributed by atoms with van der Waals surface area (Å²) >= 11 is 0. The van der Waals surface area contributed by atoms with Gasteiger partial charge in [0.05, 0.1) is 6.04 Å². The SMILES string of the molecule is CC(=O)N1C(CN)CCC1c1ccc2c(c1)OCO2. The number of nitrogens with zero attached hydrogens (tertiary/aromatic N) is 1. The molecule has 2 aliphatic rings. The fraction of sp³-hybridized carbons (Fsp3) is 0.500. The number of nitrogens with two attached hydrogens (primary N) is 1. The number of fused-ring (bicyclic) bond motifs is 1. The Hall–Kier alpha value is -1.75. The second kappa shape index (κ2) is 4.74. The highest BCUT2D eigenvalue weighted by Gasteiger charge is 2.35. The number of ether oxygens (including phenoxy) is 2. The molecule has 3 rings (SSSR count). The predicted molar refractivity (Wildman–Crippen MR) is 69.9 cm³/mol. The van der Waals surface area contributed by atoms with Gasteiger partial charge in [-0.3, -0.25) is 4.79 Å². The molecule has 0 spiro atoms. The summed E-state index contributed by atoms with van der Waals surface area (Å²) in [4.78, 5) is 13.7. The van der Waals surface area contributed by atoms with Crippen LogP contribution in [0.5, 0.6) is 11.5 Å². The van der Waals surface area contributed by atoms with E-state index in [2.05, 4.69) is 0 Å². The van der Waals surface area contributed by atoms with Crippen molar-refractivity contribution in [3.8, 4) is 11.5 Å². The Morgan fingerprint density at radius 1 is 1.37 bits per heavy atom. The molecule has 2 N–H and O–H groups in total. The van der Waals surface area contributed by atoms with Gasteiger partial charge < -0.3 is 20.1 Å². The standard InChI is InChI=1S/C14H18N2O3/c1-9(17)16-11(7-15)3-4-12(16)10-2-5-13-14(6-10)19-8-18-13/h2,5-6,11-12H,3-4,7-8,15H2,1H3. The molecule has 2 atom stereocenters. The number of amides is 1. The zero-order valence-corrected chi connectivity index (χ0v) is 11.0. The van der Waals surface area contributed by atoms with Crippen LogP contribution in [0.1, 0.15) is 31.4 Å². The molecule has 1 fully saturated rings. The van der Waals surface area contributed by atoms with Gasteiger partial charge in [-0.1, -0.05) is 6.07 Å². The molecular formula is C14H18N2O3. The molecule has 0 bridgehead atoms. The molecule has 0 aromatic heterocycles. The number of hydrogen-bond acceptors (Lipinski definition) is 4. The van der Waals surface area contributed by atoms with E-state index < -0.39 is 0 Å². The van der Waals surface area contributed by atoms with E-state index in [4.69, 9.17) is 15.2 Å². The Bertz CT molecular complexity index is 503. The molecule has 2 aliphatic heterocycles. The van der Waals surface area contributed by atoms with Gasteiger partial charge in [0.25, 0.3) is 0 Å². The molecule has 19 heavy (non-hydrogen) atoms. The molecule has 0 saturated carbocycles. The molecule has 1 aromatic rings. The summed E-state index contributed by atoms with van der Waals surface area (Å²) in [6, 6.07) is 6.13. The van der Waals surface area contributed by atoms with Crippen molar-refractivity contribution in [3.05, 3.63) is 23.8 Å². The van der Waals surface area contributed by atoms with Crippen molar-refractivity contribution < 1.29 is 14.3 Å². The lowest BCUT2D eigenvalue weighted by atomic mass is 10.0. The molecule has 5 heteroatoms. The highest BCUT2D eigenvalue weighted by molar-refractivity contribution is 5.74. The van der Waals surface area contributed by atoms with Crippen molar-refractivity contribution in [3.63, 3.8) is 0 Å². The van der Waals surface area contributed by atoms with Crippen LogP contribution in [0.15, 0.2) is 18.2 Å². The number of rotatable bonds is 2. The maximum atomic E-state index is 11.8. The summed E-state index contributed by atoms with van der Waals surface area (Å²) < 4.78 is 10.7. The Kier molecular flexibility index (Phi) is 3.06. The summed E-state index contributed by atoms with van der Waals surface area (Å²) in [6.07, 6.45) is 1.90. The first-order chi connectivity index (χ1) is 9.20. The molecule has 2 unspecified atom stereocenters. The molecule has 0 aliphatic carbocycles. The number of carbonyl (C=O) groups excluding carboxylic acids is 1. The fourth-order valence-electron chi connectivity index (χ4n) is 3.04. The largest absolute Gasteiger partial charge is 0.454 e. The van der Waals surface area contributed by atoms with E-state index in [0.717, 1.165) is 29.9 Å². The number of likely N-dealkylation sites (tertiary alicyclic amines) is 1. The maximum Gasteiger partial charge on any atom is 0.231 e. The minimum absolute atomic E-state index is 0.0793. The highest BCUT2D eigenvalue weighted by Crippen LogP contribution is 2.40. The normalized spacial score (nSPS) is 24.8. The van der Waals surface area contributed by atoms with Gasteiger partial charge in [0.1, 0.15) is 0 Å². The smallest absolute Gasteiger partial charge is 0.231 e. The summed E-state index contributed by atoms with van der Waals surface area (Å²) in [5.41, 5.74) is 6.85. The van der Waals surface area contributed by atoms with Crippen molar-refractivity contribution in [2.24, 2.45) is 5.73 Å². The average Bonchev–Trinajstić information content (AvgIpc) is 3.03. The number of hydrogen-bond donors (Lipinski definition) is 1. The Morgan fingerprint density at radius 3 is 2.89 bits per heavy atom. The van der Waals surface area contributed by atoms with Crippen LogP contribution in [0.3, 0.4) is 0 Å². The van der Waals surface area contributed by atoms with Crippen LogP contribution in [0.25, 0.3) is 0 Å². The van der Waals surface area contributed by atoms with E-state index in [1.807, 2.05) is 23.1 Å². The topological polar surface area (TPSA) is 64.8 Å². The third-order valence-corrected chi connectivity index (χ3v) is 3.92. The number of carbonyl (C=O) groups is 1. The Morgan fingerprint density at radius 2 is 2.16 bits per heavy atom. The van der Waals surface area contributed by atoms with Gasteiger partial charge >= 0.3 is 0 Å². The number of benzene rings is 1. The van der Waals surface area contributed by atoms with E-state index in [-0.39, 0.29) is 24.8 Å². The second-order valence-corrected chi connectivity index (χ2v) is 5.02. The van der Waals surface area contributed by atoms with Gasteiger partial charge in [-0.25, -0.2) is 0 Å². The summed E-state index contributed by atoms with van der Waals surface area (Å²) in [5.74, 6) is 1.61. The molecule has 1 saturated heterocycles. The quantitative estimate of drug-likeness (QED) is 0.875.